The number of carbonyl (C=O) groups is 2. The first-order valence-electron chi connectivity index (χ1n) is 7.40. The SMILES string of the molecule is O=C(Nc1ccc(OC(F)F)c(F)c1)NC1CCC(C(=O)O)CC1. The molecule has 2 amide bonds. The molecule has 24 heavy (non-hydrogen) atoms. The Morgan fingerprint density at radius 3 is 2.42 bits per heavy atom. The van der Waals surface area contributed by atoms with Crippen LogP contribution in [0.15, 0.2) is 18.2 Å². The summed E-state index contributed by atoms with van der Waals surface area (Å²) < 4.78 is 41.6. The third-order valence-electron chi connectivity index (χ3n) is 3.82. The summed E-state index contributed by atoms with van der Waals surface area (Å²) in [6, 6.07) is 2.37. The second-order valence-electron chi connectivity index (χ2n) is 5.51. The predicted octanol–water partition coefficient (Wildman–Crippen LogP) is 3.19. The van der Waals surface area contributed by atoms with Crippen molar-refractivity contribution in [3.05, 3.63) is 24.0 Å². The Labute approximate surface area is 136 Å². The molecule has 1 aromatic carbocycles. The van der Waals surface area contributed by atoms with Crippen molar-refractivity contribution in [2.75, 3.05) is 5.32 Å². The van der Waals surface area contributed by atoms with Gasteiger partial charge in [0.15, 0.2) is 11.6 Å². The number of halogens is 3. The van der Waals surface area contributed by atoms with Crippen LogP contribution in [-0.4, -0.2) is 29.8 Å². The van der Waals surface area contributed by atoms with Gasteiger partial charge in [0.2, 0.25) is 0 Å². The molecule has 6 nitrogen and oxygen atoms in total. The van der Waals surface area contributed by atoms with Crippen molar-refractivity contribution >= 4 is 17.7 Å². The molecule has 2 rings (SSSR count). The van der Waals surface area contributed by atoms with E-state index in [0.717, 1.165) is 12.1 Å². The van der Waals surface area contributed by atoms with Crippen LogP contribution >= 0.6 is 0 Å². The van der Waals surface area contributed by atoms with Crippen LogP contribution in [0.3, 0.4) is 0 Å². The smallest absolute Gasteiger partial charge is 0.387 e. The van der Waals surface area contributed by atoms with E-state index in [1.165, 1.54) is 6.07 Å². The highest BCUT2D eigenvalue weighted by molar-refractivity contribution is 5.89. The maximum Gasteiger partial charge on any atom is 0.387 e. The Morgan fingerprint density at radius 1 is 1.21 bits per heavy atom. The molecule has 0 saturated heterocycles. The molecule has 0 unspecified atom stereocenters. The number of benzene rings is 1. The molecule has 1 aliphatic carbocycles. The molecule has 9 heteroatoms. The van der Waals surface area contributed by atoms with Crippen molar-refractivity contribution in [3.8, 4) is 5.75 Å². The third kappa shape index (κ3) is 5.04. The summed E-state index contributed by atoms with van der Waals surface area (Å²) in [5.74, 6) is -2.85. The zero-order chi connectivity index (χ0) is 17.7. The molecule has 1 aromatic rings. The largest absolute Gasteiger partial charge is 0.481 e. The average molecular weight is 346 g/mol. The second-order valence-corrected chi connectivity index (χ2v) is 5.51. The van der Waals surface area contributed by atoms with Gasteiger partial charge in [-0.25, -0.2) is 9.18 Å². The monoisotopic (exact) mass is 346 g/mol. The first-order valence-corrected chi connectivity index (χ1v) is 7.40. The van der Waals surface area contributed by atoms with Gasteiger partial charge in [0.25, 0.3) is 0 Å². The van der Waals surface area contributed by atoms with E-state index in [2.05, 4.69) is 15.4 Å². The van der Waals surface area contributed by atoms with Crippen molar-refractivity contribution in [1.29, 1.82) is 0 Å². The normalized spacial score (nSPS) is 20.5. The summed E-state index contributed by atoms with van der Waals surface area (Å²) in [4.78, 5) is 22.7. The molecular weight excluding hydrogens is 329 g/mol. The van der Waals surface area contributed by atoms with Crippen molar-refractivity contribution in [2.24, 2.45) is 5.92 Å². The first kappa shape index (κ1) is 17.9. The molecule has 0 atom stereocenters. The fraction of sp³-hybridized carbons (Fsp3) is 0.467. The van der Waals surface area contributed by atoms with Crippen LogP contribution in [0.1, 0.15) is 25.7 Å². The van der Waals surface area contributed by atoms with E-state index in [0.29, 0.717) is 25.7 Å². The van der Waals surface area contributed by atoms with E-state index < -0.39 is 30.2 Å². The summed E-state index contributed by atoms with van der Waals surface area (Å²) in [7, 11) is 0. The van der Waals surface area contributed by atoms with Crippen molar-refractivity contribution in [2.45, 2.75) is 38.3 Å². The number of ether oxygens (including phenoxy) is 1. The molecule has 0 radical (unpaired) electrons. The second kappa shape index (κ2) is 7.89. The lowest BCUT2D eigenvalue weighted by atomic mass is 9.86. The van der Waals surface area contributed by atoms with Crippen LogP contribution in [0.25, 0.3) is 0 Å². The molecule has 1 aliphatic rings. The highest BCUT2D eigenvalue weighted by Gasteiger charge is 2.26. The lowest BCUT2D eigenvalue weighted by Gasteiger charge is -2.26. The van der Waals surface area contributed by atoms with E-state index in [-0.39, 0.29) is 17.6 Å². The number of nitrogens with one attached hydrogen (secondary N) is 2. The maximum atomic E-state index is 13.6. The number of aliphatic carboxylic acids is 1. The molecular formula is C15H17F3N2O4. The van der Waals surface area contributed by atoms with E-state index in [4.69, 9.17) is 5.11 Å². The van der Waals surface area contributed by atoms with E-state index in [1.807, 2.05) is 0 Å². The lowest BCUT2D eigenvalue weighted by Crippen LogP contribution is -2.41. The number of rotatable bonds is 5. The summed E-state index contributed by atoms with van der Waals surface area (Å²) in [5.41, 5.74) is 0.0887. The zero-order valence-corrected chi connectivity index (χ0v) is 12.6. The minimum Gasteiger partial charge on any atom is -0.481 e. The number of carbonyl (C=O) groups excluding carboxylic acids is 1. The van der Waals surface area contributed by atoms with Gasteiger partial charge < -0.3 is 20.5 Å². The zero-order valence-electron chi connectivity index (χ0n) is 12.6. The Hall–Kier alpha value is -2.45. The van der Waals surface area contributed by atoms with E-state index in [9.17, 15) is 22.8 Å². The number of amides is 2. The fourth-order valence-corrected chi connectivity index (χ4v) is 2.61. The number of carboxylic acid groups (broad SMARTS) is 1. The Kier molecular flexibility index (Phi) is 5.88. The lowest BCUT2D eigenvalue weighted by molar-refractivity contribution is -0.142. The highest BCUT2D eigenvalue weighted by atomic mass is 19.3. The first-order chi connectivity index (χ1) is 11.3. The standard InChI is InChI=1S/C15H17F3N2O4/c16-11-7-10(5-6-12(11)24-14(17)18)20-15(23)19-9-3-1-8(2-4-9)13(21)22/h5-9,14H,1-4H2,(H,21,22)(H2,19,20,23). The third-order valence-corrected chi connectivity index (χ3v) is 3.82. The van der Waals surface area contributed by atoms with Gasteiger partial charge >= 0.3 is 18.6 Å². The van der Waals surface area contributed by atoms with Gasteiger partial charge in [0, 0.05) is 17.8 Å². The van der Waals surface area contributed by atoms with Gasteiger partial charge in [0.05, 0.1) is 5.92 Å². The van der Waals surface area contributed by atoms with Crippen molar-refractivity contribution < 1.29 is 32.6 Å². The number of urea groups is 1. The minimum absolute atomic E-state index is 0.0887. The molecule has 132 valence electrons. The predicted molar refractivity (Wildman–Crippen MR) is 78.6 cm³/mol. The van der Waals surface area contributed by atoms with Crippen LogP contribution in [0, 0.1) is 11.7 Å². The Morgan fingerprint density at radius 2 is 1.88 bits per heavy atom. The van der Waals surface area contributed by atoms with Crippen molar-refractivity contribution in [1.82, 2.24) is 5.32 Å². The topological polar surface area (TPSA) is 87.7 Å². The molecule has 1 fully saturated rings. The van der Waals surface area contributed by atoms with Gasteiger partial charge in [-0.15, -0.1) is 0 Å². The Balaban J connectivity index is 1.84. The number of anilines is 1. The quantitative estimate of drug-likeness (QED) is 0.764. The average Bonchev–Trinajstić information content (AvgIpc) is 2.50. The number of alkyl halides is 2. The molecule has 0 heterocycles. The van der Waals surface area contributed by atoms with Crippen LogP contribution in [0.4, 0.5) is 23.7 Å². The van der Waals surface area contributed by atoms with Crippen LogP contribution in [0.5, 0.6) is 5.75 Å². The molecule has 0 aromatic heterocycles. The van der Waals surface area contributed by atoms with Crippen LogP contribution in [-0.2, 0) is 4.79 Å². The molecule has 1 saturated carbocycles. The van der Waals surface area contributed by atoms with E-state index >= 15 is 0 Å². The van der Waals surface area contributed by atoms with Crippen LogP contribution in [0.2, 0.25) is 0 Å². The molecule has 0 bridgehead atoms. The summed E-state index contributed by atoms with van der Waals surface area (Å²) in [5, 5.41) is 14.0. The molecule has 3 N–H and O–H groups in total. The number of hydrogen-bond acceptors (Lipinski definition) is 3. The van der Waals surface area contributed by atoms with Gasteiger partial charge in [-0.1, -0.05) is 0 Å². The van der Waals surface area contributed by atoms with Gasteiger partial charge in [0.1, 0.15) is 0 Å². The van der Waals surface area contributed by atoms with E-state index in [1.54, 1.807) is 0 Å². The molecule has 0 spiro atoms. The summed E-state index contributed by atoms with van der Waals surface area (Å²) >= 11 is 0. The molecule has 0 aliphatic heterocycles. The fourth-order valence-electron chi connectivity index (χ4n) is 2.61. The van der Waals surface area contributed by atoms with Crippen molar-refractivity contribution in [3.63, 3.8) is 0 Å². The maximum absolute atomic E-state index is 13.6. The summed E-state index contributed by atoms with van der Waals surface area (Å²) in [6.45, 7) is -3.14. The van der Waals surface area contributed by atoms with Gasteiger partial charge in [-0.05, 0) is 37.8 Å². The van der Waals surface area contributed by atoms with Crippen LogP contribution < -0.4 is 15.4 Å². The van der Waals surface area contributed by atoms with Gasteiger partial charge in [-0.3, -0.25) is 4.79 Å². The number of hydrogen-bond donors (Lipinski definition) is 3. The minimum atomic E-state index is -3.14. The summed E-state index contributed by atoms with van der Waals surface area (Å²) in [6.07, 6.45) is 2.04. The Bertz CT molecular complexity index is 604. The van der Waals surface area contributed by atoms with Gasteiger partial charge in [-0.2, -0.15) is 8.78 Å². The number of carboxylic acids is 1. The highest BCUT2D eigenvalue weighted by Crippen LogP contribution is 2.25.